The van der Waals surface area contributed by atoms with Crippen molar-refractivity contribution in [2.45, 2.75) is 18.4 Å². The highest BCUT2D eigenvalue weighted by atomic mass is 19.1. The van der Waals surface area contributed by atoms with E-state index in [-0.39, 0.29) is 30.9 Å². The van der Waals surface area contributed by atoms with Crippen molar-refractivity contribution in [1.29, 1.82) is 0 Å². The summed E-state index contributed by atoms with van der Waals surface area (Å²) in [5.74, 6) is -0.855. The number of nitrogens with zero attached hydrogens (tertiary/aromatic N) is 2. The minimum atomic E-state index is -0.598. The molecule has 1 N–H and O–H groups in total. The number of amides is 3. The summed E-state index contributed by atoms with van der Waals surface area (Å²) in [6.45, 7) is 1.59. The Hall–Kier alpha value is -2.64. The number of carbonyl (C=O) groups excluding carboxylic acids is 3. The van der Waals surface area contributed by atoms with Gasteiger partial charge in [-0.15, -0.1) is 0 Å². The zero-order chi connectivity index (χ0) is 18.0. The molecule has 7 nitrogen and oxygen atoms in total. The fourth-order valence-corrected chi connectivity index (χ4v) is 3.21. The number of nitrogens with one attached hydrogen (secondary N) is 1. The minimum absolute atomic E-state index is 0.0955. The minimum Gasteiger partial charge on any atom is -0.439 e. The van der Waals surface area contributed by atoms with Crippen LogP contribution >= 0.6 is 0 Å². The number of hydrogen-bond donors (Lipinski definition) is 1. The Morgan fingerprint density at radius 1 is 1.28 bits per heavy atom. The summed E-state index contributed by atoms with van der Waals surface area (Å²) in [6, 6.07) is 5.20. The van der Waals surface area contributed by atoms with Crippen LogP contribution in [-0.2, 0) is 9.53 Å². The standard InChI is InChI=1S/C17H20FN3O4/c1-20-10-17(25-16(20)24)7-9-21(11-17)14(22)6-8-19-15(23)12-2-4-13(18)5-3-12/h2-5H,6-11H2,1H3,(H,19,23)/t17-/m0/s1. The van der Waals surface area contributed by atoms with E-state index in [1.807, 2.05) is 0 Å². The Morgan fingerprint density at radius 3 is 2.64 bits per heavy atom. The molecular formula is C17H20FN3O4. The normalized spacial score (nSPS) is 22.4. The fourth-order valence-electron chi connectivity index (χ4n) is 3.21. The van der Waals surface area contributed by atoms with Gasteiger partial charge in [0, 0.05) is 38.5 Å². The molecule has 2 aliphatic rings. The lowest BCUT2D eigenvalue weighted by Crippen LogP contribution is -2.40. The second-order valence-corrected chi connectivity index (χ2v) is 6.49. The summed E-state index contributed by atoms with van der Waals surface area (Å²) < 4.78 is 18.2. The average molecular weight is 349 g/mol. The predicted octanol–water partition coefficient (Wildman–Crippen LogP) is 0.999. The highest BCUT2D eigenvalue weighted by molar-refractivity contribution is 5.94. The molecule has 1 spiro atoms. The third-order valence-corrected chi connectivity index (χ3v) is 4.54. The maximum Gasteiger partial charge on any atom is 0.410 e. The van der Waals surface area contributed by atoms with Crippen LogP contribution < -0.4 is 5.32 Å². The van der Waals surface area contributed by atoms with Crippen LogP contribution in [0.1, 0.15) is 23.2 Å². The molecule has 2 saturated heterocycles. The van der Waals surface area contributed by atoms with Gasteiger partial charge < -0.3 is 19.9 Å². The van der Waals surface area contributed by atoms with Gasteiger partial charge in [-0.2, -0.15) is 0 Å². The van der Waals surface area contributed by atoms with Gasteiger partial charge in [0.05, 0.1) is 13.1 Å². The molecule has 0 bridgehead atoms. The molecule has 8 heteroatoms. The van der Waals surface area contributed by atoms with Gasteiger partial charge in [-0.25, -0.2) is 9.18 Å². The van der Waals surface area contributed by atoms with Crippen LogP contribution in [0.2, 0.25) is 0 Å². The van der Waals surface area contributed by atoms with Crippen LogP contribution in [0.15, 0.2) is 24.3 Å². The largest absolute Gasteiger partial charge is 0.439 e. The van der Waals surface area contributed by atoms with Crippen molar-refractivity contribution < 1.29 is 23.5 Å². The van der Waals surface area contributed by atoms with Gasteiger partial charge in [0.1, 0.15) is 5.82 Å². The van der Waals surface area contributed by atoms with Crippen LogP contribution in [0.4, 0.5) is 9.18 Å². The van der Waals surface area contributed by atoms with E-state index in [1.165, 1.54) is 29.2 Å². The first-order valence-corrected chi connectivity index (χ1v) is 8.14. The number of halogens is 1. The van der Waals surface area contributed by atoms with Gasteiger partial charge in [-0.1, -0.05) is 0 Å². The Morgan fingerprint density at radius 2 is 2.00 bits per heavy atom. The van der Waals surface area contributed by atoms with Gasteiger partial charge in [0.25, 0.3) is 5.91 Å². The molecule has 1 atom stereocenters. The summed E-state index contributed by atoms with van der Waals surface area (Å²) >= 11 is 0. The van der Waals surface area contributed by atoms with Crippen molar-refractivity contribution >= 4 is 17.9 Å². The maximum atomic E-state index is 12.8. The Balaban J connectivity index is 1.45. The monoisotopic (exact) mass is 349 g/mol. The first kappa shape index (κ1) is 17.2. The molecule has 25 heavy (non-hydrogen) atoms. The zero-order valence-electron chi connectivity index (χ0n) is 14.0. The molecule has 2 aliphatic heterocycles. The number of benzene rings is 1. The third-order valence-electron chi connectivity index (χ3n) is 4.54. The highest BCUT2D eigenvalue weighted by Crippen LogP contribution is 2.31. The van der Waals surface area contributed by atoms with Gasteiger partial charge in [-0.05, 0) is 24.3 Å². The maximum absolute atomic E-state index is 12.8. The van der Waals surface area contributed by atoms with Gasteiger partial charge in [0.2, 0.25) is 5.91 Å². The van der Waals surface area contributed by atoms with E-state index < -0.39 is 11.4 Å². The number of ether oxygens (including phenoxy) is 1. The molecule has 3 amide bonds. The van der Waals surface area contributed by atoms with Crippen molar-refractivity contribution in [1.82, 2.24) is 15.1 Å². The SMILES string of the molecule is CN1C[C@]2(CCN(C(=O)CCNC(=O)c3ccc(F)cc3)C2)OC1=O. The number of likely N-dealkylation sites (tertiary alicyclic amines) is 1. The smallest absolute Gasteiger partial charge is 0.410 e. The second-order valence-electron chi connectivity index (χ2n) is 6.49. The Kier molecular flexibility index (Phi) is 4.61. The molecule has 0 unspecified atom stereocenters. The van der Waals surface area contributed by atoms with Crippen LogP contribution in [0.25, 0.3) is 0 Å². The molecule has 2 heterocycles. The van der Waals surface area contributed by atoms with Crippen LogP contribution in [0, 0.1) is 5.82 Å². The molecule has 1 aromatic carbocycles. The van der Waals surface area contributed by atoms with Gasteiger partial charge >= 0.3 is 6.09 Å². The van der Waals surface area contributed by atoms with E-state index in [2.05, 4.69) is 5.32 Å². The van der Waals surface area contributed by atoms with Gasteiger partial charge in [0.15, 0.2) is 5.60 Å². The van der Waals surface area contributed by atoms with E-state index in [4.69, 9.17) is 4.74 Å². The molecule has 2 fully saturated rings. The summed E-state index contributed by atoms with van der Waals surface area (Å²) in [7, 11) is 1.67. The van der Waals surface area contributed by atoms with E-state index in [0.717, 1.165) is 0 Å². The third kappa shape index (κ3) is 3.72. The first-order chi connectivity index (χ1) is 11.9. The number of hydrogen-bond acceptors (Lipinski definition) is 4. The van der Waals surface area contributed by atoms with Crippen molar-refractivity contribution in [2.75, 3.05) is 33.2 Å². The van der Waals surface area contributed by atoms with Crippen molar-refractivity contribution in [3.05, 3.63) is 35.6 Å². The average Bonchev–Trinajstić information content (AvgIpc) is 3.10. The molecule has 0 aromatic heterocycles. The van der Waals surface area contributed by atoms with Crippen LogP contribution in [-0.4, -0.2) is 66.5 Å². The Labute approximate surface area is 144 Å². The van der Waals surface area contributed by atoms with Crippen molar-refractivity contribution in [3.8, 4) is 0 Å². The number of rotatable bonds is 4. The summed E-state index contributed by atoms with van der Waals surface area (Å²) in [5, 5.41) is 2.65. The van der Waals surface area contributed by atoms with Crippen LogP contribution in [0.5, 0.6) is 0 Å². The highest BCUT2D eigenvalue weighted by Gasteiger charge is 2.49. The van der Waals surface area contributed by atoms with Crippen molar-refractivity contribution in [3.63, 3.8) is 0 Å². The predicted molar refractivity (Wildman–Crippen MR) is 86.4 cm³/mol. The van der Waals surface area contributed by atoms with Crippen molar-refractivity contribution in [2.24, 2.45) is 0 Å². The lowest BCUT2D eigenvalue weighted by atomic mass is 10.0. The number of carbonyl (C=O) groups is 3. The quantitative estimate of drug-likeness (QED) is 0.880. The summed E-state index contributed by atoms with van der Waals surface area (Å²) in [6.07, 6.45) is 0.421. The van der Waals surface area contributed by atoms with E-state index in [0.29, 0.717) is 31.6 Å². The zero-order valence-corrected chi connectivity index (χ0v) is 14.0. The molecule has 0 radical (unpaired) electrons. The molecule has 1 aromatic rings. The molecule has 0 aliphatic carbocycles. The number of likely N-dealkylation sites (N-methyl/N-ethyl adjacent to an activating group) is 1. The van der Waals surface area contributed by atoms with Crippen LogP contribution in [0.3, 0.4) is 0 Å². The molecule has 0 saturated carbocycles. The Bertz CT molecular complexity index is 694. The van der Waals surface area contributed by atoms with E-state index >= 15 is 0 Å². The lowest BCUT2D eigenvalue weighted by Gasteiger charge is -2.21. The molecule has 3 rings (SSSR count). The fraction of sp³-hybridized carbons (Fsp3) is 0.471. The lowest BCUT2D eigenvalue weighted by molar-refractivity contribution is -0.130. The van der Waals surface area contributed by atoms with Gasteiger partial charge in [-0.3, -0.25) is 9.59 Å². The topological polar surface area (TPSA) is 78.9 Å². The summed E-state index contributed by atoms with van der Waals surface area (Å²) in [5.41, 5.74) is -0.256. The molecule has 134 valence electrons. The molecular weight excluding hydrogens is 329 g/mol. The van der Waals surface area contributed by atoms with E-state index in [1.54, 1.807) is 11.9 Å². The second kappa shape index (κ2) is 6.70. The van der Waals surface area contributed by atoms with E-state index in [9.17, 15) is 18.8 Å². The first-order valence-electron chi connectivity index (χ1n) is 8.14. The summed E-state index contributed by atoms with van der Waals surface area (Å²) in [4.78, 5) is 38.9.